The van der Waals surface area contributed by atoms with Crippen LogP contribution in [0.25, 0.3) is 0 Å². The molecule has 0 aromatic carbocycles. The van der Waals surface area contributed by atoms with Crippen LogP contribution in [0.15, 0.2) is 12.2 Å². The number of ether oxygens (including phenoxy) is 1. The summed E-state index contributed by atoms with van der Waals surface area (Å²) in [6, 6.07) is 0. The van der Waals surface area contributed by atoms with Gasteiger partial charge in [0.2, 0.25) is 0 Å². The van der Waals surface area contributed by atoms with Crippen LogP contribution in [0.5, 0.6) is 0 Å². The highest BCUT2D eigenvalue weighted by atomic mass is 32.2. The van der Waals surface area contributed by atoms with Crippen molar-refractivity contribution in [2.45, 2.75) is 6.92 Å². The van der Waals surface area contributed by atoms with Crippen LogP contribution in [0.4, 0.5) is 0 Å². The minimum atomic E-state index is -0.304. The van der Waals surface area contributed by atoms with Crippen LogP contribution in [0, 0.1) is 0 Å². The first-order chi connectivity index (χ1) is 5.81. The van der Waals surface area contributed by atoms with Crippen molar-refractivity contribution in [3.05, 3.63) is 12.2 Å². The van der Waals surface area contributed by atoms with Gasteiger partial charge in [-0.05, 0) is 6.92 Å². The van der Waals surface area contributed by atoms with E-state index < -0.39 is 0 Å². The molecule has 0 saturated carbocycles. The van der Waals surface area contributed by atoms with Gasteiger partial charge >= 0.3 is 5.97 Å². The highest BCUT2D eigenvalue weighted by molar-refractivity contribution is 7.99. The minimum Gasteiger partial charge on any atom is -0.462 e. The summed E-state index contributed by atoms with van der Waals surface area (Å²) in [4.78, 5) is 10.7. The summed E-state index contributed by atoms with van der Waals surface area (Å²) in [6.07, 6.45) is 3.03. The normalized spacial score (nSPS) is 10.5. The van der Waals surface area contributed by atoms with E-state index in [1.54, 1.807) is 24.8 Å². The van der Waals surface area contributed by atoms with Crippen molar-refractivity contribution in [1.29, 1.82) is 0 Å². The van der Waals surface area contributed by atoms with E-state index in [2.05, 4.69) is 0 Å². The molecular formula is C8H14O3S. The molecule has 0 bridgehead atoms. The van der Waals surface area contributed by atoms with Gasteiger partial charge < -0.3 is 9.84 Å². The molecule has 0 amide bonds. The van der Waals surface area contributed by atoms with Crippen LogP contribution in [-0.2, 0) is 9.53 Å². The molecule has 0 radical (unpaired) electrons. The maximum absolute atomic E-state index is 10.7. The number of allylic oxidation sites excluding steroid dienone is 1. The van der Waals surface area contributed by atoms with Gasteiger partial charge in [0.25, 0.3) is 0 Å². The quantitative estimate of drug-likeness (QED) is 0.383. The molecule has 0 fully saturated rings. The zero-order valence-corrected chi connectivity index (χ0v) is 7.97. The molecular weight excluding hydrogens is 176 g/mol. The molecule has 3 nitrogen and oxygen atoms in total. The van der Waals surface area contributed by atoms with Gasteiger partial charge in [-0.1, -0.05) is 6.08 Å². The minimum absolute atomic E-state index is 0.174. The summed E-state index contributed by atoms with van der Waals surface area (Å²) in [7, 11) is 0. The molecule has 0 rings (SSSR count). The Kier molecular flexibility index (Phi) is 8.27. The predicted molar refractivity (Wildman–Crippen MR) is 50.2 cm³/mol. The number of hydrogen-bond donors (Lipinski definition) is 1. The Bertz CT molecular complexity index is 145. The van der Waals surface area contributed by atoms with Gasteiger partial charge in [-0.3, -0.25) is 0 Å². The summed E-state index contributed by atoms with van der Waals surface area (Å²) in [5, 5.41) is 8.42. The third-order valence-electron chi connectivity index (χ3n) is 1.01. The van der Waals surface area contributed by atoms with E-state index in [0.29, 0.717) is 12.4 Å². The lowest BCUT2D eigenvalue weighted by Gasteiger charge is -2.00. The van der Waals surface area contributed by atoms with Gasteiger partial charge in [-0.2, -0.15) is 11.8 Å². The summed E-state index contributed by atoms with van der Waals surface area (Å²) in [5.41, 5.74) is 0. The molecule has 0 aliphatic rings. The third kappa shape index (κ3) is 7.63. The van der Waals surface area contributed by atoms with Crippen LogP contribution in [0.1, 0.15) is 6.92 Å². The highest BCUT2D eigenvalue weighted by Crippen LogP contribution is 1.97. The van der Waals surface area contributed by atoms with E-state index in [9.17, 15) is 4.79 Å². The topological polar surface area (TPSA) is 46.5 Å². The number of rotatable bonds is 6. The highest BCUT2D eigenvalue weighted by Gasteiger charge is 1.94. The Morgan fingerprint density at radius 2 is 2.33 bits per heavy atom. The summed E-state index contributed by atoms with van der Waals surface area (Å²) in [6.45, 7) is 2.35. The Labute approximate surface area is 76.8 Å². The van der Waals surface area contributed by atoms with Crippen LogP contribution in [0.3, 0.4) is 0 Å². The van der Waals surface area contributed by atoms with Crippen molar-refractivity contribution >= 4 is 17.7 Å². The van der Waals surface area contributed by atoms with E-state index in [1.807, 2.05) is 0 Å². The molecule has 12 heavy (non-hydrogen) atoms. The van der Waals surface area contributed by atoms with Crippen molar-refractivity contribution in [1.82, 2.24) is 0 Å². The van der Waals surface area contributed by atoms with Gasteiger partial charge in [0.05, 0.1) is 6.61 Å². The van der Waals surface area contributed by atoms with Crippen LogP contribution in [0.2, 0.25) is 0 Å². The summed E-state index contributed by atoms with van der Waals surface area (Å²) >= 11 is 1.56. The van der Waals surface area contributed by atoms with E-state index >= 15 is 0 Å². The van der Waals surface area contributed by atoms with E-state index in [-0.39, 0.29) is 12.6 Å². The zero-order chi connectivity index (χ0) is 9.23. The number of carbonyl (C=O) groups is 1. The molecule has 0 atom stereocenters. The Hall–Kier alpha value is -0.480. The SMILES string of the molecule is C/C=C/C(=O)OCCSCCO. The van der Waals surface area contributed by atoms with Gasteiger partial charge in [0.1, 0.15) is 6.61 Å². The van der Waals surface area contributed by atoms with E-state index in [4.69, 9.17) is 9.84 Å². The van der Waals surface area contributed by atoms with Gasteiger partial charge in [0, 0.05) is 17.6 Å². The number of hydrogen-bond acceptors (Lipinski definition) is 4. The van der Waals surface area contributed by atoms with Crippen molar-refractivity contribution in [3.63, 3.8) is 0 Å². The largest absolute Gasteiger partial charge is 0.462 e. The smallest absolute Gasteiger partial charge is 0.330 e. The fraction of sp³-hybridized carbons (Fsp3) is 0.625. The second-order valence-corrected chi connectivity index (χ2v) is 3.23. The average molecular weight is 190 g/mol. The van der Waals surface area contributed by atoms with Crippen LogP contribution < -0.4 is 0 Å². The fourth-order valence-electron chi connectivity index (χ4n) is 0.552. The molecule has 70 valence electrons. The molecule has 4 heteroatoms. The monoisotopic (exact) mass is 190 g/mol. The van der Waals surface area contributed by atoms with Crippen LogP contribution >= 0.6 is 11.8 Å². The molecule has 0 heterocycles. The van der Waals surface area contributed by atoms with Gasteiger partial charge in [-0.15, -0.1) is 0 Å². The molecule has 0 aliphatic heterocycles. The van der Waals surface area contributed by atoms with Crippen molar-refractivity contribution in [2.75, 3.05) is 24.7 Å². The van der Waals surface area contributed by atoms with Crippen molar-refractivity contribution < 1.29 is 14.6 Å². The van der Waals surface area contributed by atoms with Gasteiger partial charge in [-0.25, -0.2) is 4.79 Å². The first-order valence-electron chi connectivity index (χ1n) is 3.79. The molecule has 1 N–H and O–H groups in total. The Morgan fingerprint density at radius 3 is 2.92 bits per heavy atom. The zero-order valence-electron chi connectivity index (χ0n) is 7.16. The van der Waals surface area contributed by atoms with Crippen molar-refractivity contribution in [3.8, 4) is 0 Å². The fourth-order valence-corrected chi connectivity index (χ4v) is 1.09. The summed E-state index contributed by atoms with van der Waals surface area (Å²) in [5.74, 6) is 1.13. The molecule has 0 saturated heterocycles. The van der Waals surface area contributed by atoms with E-state index in [0.717, 1.165) is 5.75 Å². The number of carbonyl (C=O) groups excluding carboxylic acids is 1. The lowest BCUT2D eigenvalue weighted by atomic mass is 10.5. The molecule has 0 unspecified atom stereocenters. The predicted octanol–water partition coefficient (Wildman–Crippen LogP) is 0.831. The van der Waals surface area contributed by atoms with Crippen molar-refractivity contribution in [2.24, 2.45) is 0 Å². The summed E-state index contributed by atoms with van der Waals surface area (Å²) < 4.78 is 4.80. The second kappa shape index (κ2) is 8.62. The lowest BCUT2D eigenvalue weighted by molar-refractivity contribution is -0.137. The van der Waals surface area contributed by atoms with Crippen LogP contribution in [-0.4, -0.2) is 35.8 Å². The number of thioether (sulfide) groups is 1. The number of aliphatic hydroxyl groups is 1. The molecule has 0 aromatic rings. The second-order valence-electron chi connectivity index (χ2n) is 2.00. The first-order valence-corrected chi connectivity index (χ1v) is 4.94. The van der Waals surface area contributed by atoms with Gasteiger partial charge in [0.15, 0.2) is 0 Å². The lowest BCUT2D eigenvalue weighted by Crippen LogP contribution is -2.04. The Morgan fingerprint density at radius 1 is 1.58 bits per heavy atom. The van der Waals surface area contributed by atoms with E-state index in [1.165, 1.54) is 6.08 Å². The number of aliphatic hydroxyl groups excluding tert-OH is 1. The molecule has 0 spiro atoms. The maximum atomic E-state index is 10.7. The Balaban J connectivity index is 3.14. The number of esters is 1. The molecule has 0 aliphatic carbocycles. The molecule has 0 aromatic heterocycles. The average Bonchev–Trinajstić information content (AvgIpc) is 2.05. The first kappa shape index (κ1) is 11.5. The standard InChI is InChI=1S/C8H14O3S/c1-2-3-8(10)11-5-7-12-6-4-9/h2-3,9H,4-7H2,1H3/b3-2+. The maximum Gasteiger partial charge on any atom is 0.330 e. The third-order valence-corrected chi connectivity index (χ3v) is 1.94.